The molecule has 3 aromatic rings. The van der Waals surface area contributed by atoms with Crippen molar-refractivity contribution in [3.05, 3.63) is 113 Å². The fourth-order valence-electron chi connectivity index (χ4n) is 3.86. The summed E-state index contributed by atoms with van der Waals surface area (Å²) in [6, 6.07) is 29.6. The highest BCUT2D eigenvalue weighted by Crippen LogP contribution is 2.76. The van der Waals surface area contributed by atoms with Gasteiger partial charge in [-0.05, 0) is 16.7 Å². The van der Waals surface area contributed by atoms with Gasteiger partial charge in [0.05, 0.1) is 5.31 Å². The summed E-state index contributed by atoms with van der Waals surface area (Å²) in [5, 5.41) is 11.4. The van der Waals surface area contributed by atoms with E-state index in [0.717, 1.165) is 16.7 Å². The number of rotatable bonds is 4. The SMILES string of the molecule is O=[P@@]1(Cc2ccccc2)C(c2ccccc2)=C(O)C[C@@H]1c1ccccc1. The number of hydrogen-bond acceptors (Lipinski definition) is 2. The van der Waals surface area contributed by atoms with Gasteiger partial charge in [-0.1, -0.05) is 91.0 Å². The number of allylic oxidation sites excluding steroid dienone is 1. The van der Waals surface area contributed by atoms with Crippen molar-refractivity contribution in [1.82, 2.24) is 0 Å². The molecule has 1 N–H and O–H groups in total. The number of aliphatic hydroxyl groups is 1. The molecule has 3 aromatic carbocycles. The van der Waals surface area contributed by atoms with Crippen molar-refractivity contribution in [2.24, 2.45) is 0 Å². The van der Waals surface area contributed by atoms with E-state index in [2.05, 4.69) is 0 Å². The van der Waals surface area contributed by atoms with Crippen LogP contribution < -0.4 is 0 Å². The lowest BCUT2D eigenvalue weighted by molar-refractivity contribution is 0.394. The van der Waals surface area contributed by atoms with Crippen LogP contribution in [0, 0.1) is 0 Å². The third kappa shape index (κ3) is 3.02. The van der Waals surface area contributed by atoms with E-state index >= 15 is 0 Å². The van der Waals surface area contributed by atoms with Gasteiger partial charge in [0, 0.05) is 18.2 Å². The summed E-state index contributed by atoms with van der Waals surface area (Å²) < 4.78 is 14.4. The Bertz CT molecular complexity index is 963. The molecule has 0 unspecified atom stereocenters. The van der Waals surface area contributed by atoms with E-state index in [1.807, 2.05) is 91.0 Å². The van der Waals surface area contributed by atoms with E-state index in [4.69, 9.17) is 0 Å². The van der Waals surface area contributed by atoms with Crippen LogP contribution in [0.2, 0.25) is 0 Å². The first-order valence-electron chi connectivity index (χ1n) is 8.84. The largest absolute Gasteiger partial charge is 0.511 e. The van der Waals surface area contributed by atoms with E-state index in [0.29, 0.717) is 17.9 Å². The van der Waals surface area contributed by atoms with Crippen molar-refractivity contribution in [2.75, 3.05) is 0 Å². The van der Waals surface area contributed by atoms with Crippen LogP contribution in [0.4, 0.5) is 0 Å². The molecular weight excluding hydrogens is 339 g/mol. The number of aliphatic hydroxyl groups excluding tert-OH is 1. The molecule has 4 rings (SSSR count). The standard InChI is InChI=1S/C23H21O2P/c24-21-16-22(19-12-6-2-7-13-19)26(25,17-18-10-4-1-5-11-18)23(21)20-14-8-3-9-15-20/h1-15,22,24H,16-17H2/t22-,26-/m1/s1. The quantitative estimate of drug-likeness (QED) is 0.531. The molecule has 0 fully saturated rings. The zero-order chi connectivity index (χ0) is 18.0. The van der Waals surface area contributed by atoms with Crippen molar-refractivity contribution in [2.45, 2.75) is 18.2 Å². The van der Waals surface area contributed by atoms with Crippen molar-refractivity contribution in [3.63, 3.8) is 0 Å². The molecule has 0 amide bonds. The molecule has 0 saturated carbocycles. The van der Waals surface area contributed by atoms with Gasteiger partial charge in [-0.2, -0.15) is 0 Å². The van der Waals surface area contributed by atoms with Crippen LogP contribution in [0.25, 0.3) is 5.31 Å². The average Bonchev–Trinajstić information content (AvgIpc) is 2.94. The van der Waals surface area contributed by atoms with Crippen LogP contribution in [0.5, 0.6) is 0 Å². The molecule has 3 heteroatoms. The van der Waals surface area contributed by atoms with E-state index < -0.39 is 7.14 Å². The topological polar surface area (TPSA) is 37.3 Å². The van der Waals surface area contributed by atoms with Crippen LogP contribution >= 0.6 is 7.14 Å². The van der Waals surface area contributed by atoms with Crippen molar-refractivity contribution >= 4 is 12.5 Å². The molecule has 0 bridgehead atoms. The molecule has 0 radical (unpaired) electrons. The second-order valence-corrected chi connectivity index (χ2v) is 9.71. The highest BCUT2D eigenvalue weighted by Gasteiger charge is 2.46. The van der Waals surface area contributed by atoms with Gasteiger partial charge in [0.25, 0.3) is 0 Å². The van der Waals surface area contributed by atoms with Crippen LogP contribution in [-0.2, 0) is 10.7 Å². The summed E-state index contributed by atoms with van der Waals surface area (Å²) >= 11 is 0. The molecule has 1 aliphatic rings. The summed E-state index contributed by atoms with van der Waals surface area (Å²) in [5.41, 5.74) is 2.76. The van der Waals surface area contributed by atoms with Gasteiger partial charge in [0.2, 0.25) is 0 Å². The molecule has 26 heavy (non-hydrogen) atoms. The predicted molar refractivity (Wildman–Crippen MR) is 108 cm³/mol. The highest BCUT2D eigenvalue weighted by molar-refractivity contribution is 7.74. The smallest absolute Gasteiger partial charge is 0.131 e. The Morgan fingerprint density at radius 1 is 0.808 bits per heavy atom. The van der Waals surface area contributed by atoms with Crippen LogP contribution in [-0.4, -0.2) is 5.11 Å². The first kappa shape index (κ1) is 16.9. The first-order chi connectivity index (χ1) is 12.7. The molecule has 1 heterocycles. The Hall–Kier alpha value is -2.57. The summed E-state index contributed by atoms with van der Waals surface area (Å²) in [7, 11) is -2.88. The average molecular weight is 360 g/mol. The summed E-state index contributed by atoms with van der Waals surface area (Å²) in [6.45, 7) is 0. The maximum Gasteiger partial charge on any atom is 0.131 e. The fraction of sp³-hybridized carbons (Fsp3) is 0.130. The van der Waals surface area contributed by atoms with Gasteiger partial charge in [0.15, 0.2) is 0 Å². The van der Waals surface area contributed by atoms with E-state index in [1.54, 1.807) is 0 Å². The lowest BCUT2D eigenvalue weighted by Gasteiger charge is -2.24. The van der Waals surface area contributed by atoms with Gasteiger partial charge in [-0.3, -0.25) is 0 Å². The van der Waals surface area contributed by atoms with Gasteiger partial charge in [0.1, 0.15) is 12.9 Å². The second kappa shape index (κ2) is 6.97. The molecule has 130 valence electrons. The molecular formula is C23H21O2P. The third-order valence-electron chi connectivity index (χ3n) is 5.03. The fourth-order valence-corrected chi connectivity index (χ4v) is 7.54. The van der Waals surface area contributed by atoms with E-state index in [9.17, 15) is 9.67 Å². The maximum absolute atomic E-state index is 14.4. The summed E-state index contributed by atoms with van der Waals surface area (Å²) in [6.07, 6.45) is 0.889. The molecule has 2 atom stereocenters. The highest BCUT2D eigenvalue weighted by atomic mass is 31.2. The number of hydrogen-bond donors (Lipinski definition) is 1. The predicted octanol–water partition coefficient (Wildman–Crippen LogP) is 6.62. The Labute approximate surface area is 154 Å². The Morgan fingerprint density at radius 2 is 1.35 bits per heavy atom. The van der Waals surface area contributed by atoms with E-state index in [-0.39, 0.29) is 11.4 Å². The lowest BCUT2D eigenvalue weighted by atomic mass is 10.1. The molecule has 1 aliphatic heterocycles. The molecule has 0 aliphatic carbocycles. The zero-order valence-electron chi connectivity index (χ0n) is 14.5. The van der Waals surface area contributed by atoms with Crippen LogP contribution in [0.3, 0.4) is 0 Å². The first-order valence-corrected chi connectivity index (χ1v) is 10.8. The van der Waals surface area contributed by atoms with Crippen molar-refractivity contribution in [3.8, 4) is 0 Å². The minimum atomic E-state index is -2.88. The van der Waals surface area contributed by atoms with Gasteiger partial charge in [-0.15, -0.1) is 0 Å². The van der Waals surface area contributed by atoms with Crippen LogP contribution in [0.1, 0.15) is 28.8 Å². The Kier molecular flexibility index (Phi) is 4.53. The Balaban J connectivity index is 1.84. The molecule has 0 saturated heterocycles. The monoisotopic (exact) mass is 360 g/mol. The van der Waals surface area contributed by atoms with Crippen molar-refractivity contribution < 1.29 is 9.67 Å². The van der Waals surface area contributed by atoms with Gasteiger partial charge >= 0.3 is 0 Å². The summed E-state index contributed by atoms with van der Waals surface area (Å²) in [5.74, 6) is 0.268. The second-order valence-electron chi connectivity index (χ2n) is 6.73. The lowest BCUT2D eigenvalue weighted by Crippen LogP contribution is -1.99. The third-order valence-corrected chi connectivity index (χ3v) is 8.63. The minimum absolute atomic E-state index is 0.181. The molecule has 0 aromatic heterocycles. The zero-order valence-corrected chi connectivity index (χ0v) is 15.3. The minimum Gasteiger partial charge on any atom is -0.511 e. The van der Waals surface area contributed by atoms with Crippen molar-refractivity contribution in [1.29, 1.82) is 0 Å². The van der Waals surface area contributed by atoms with Gasteiger partial charge < -0.3 is 9.67 Å². The van der Waals surface area contributed by atoms with Crippen LogP contribution in [0.15, 0.2) is 96.8 Å². The normalized spacial score (nSPS) is 22.5. The number of benzene rings is 3. The van der Waals surface area contributed by atoms with Gasteiger partial charge in [-0.25, -0.2) is 0 Å². The molecule has 0 spiro atoms. The van der Waals surface area contributed by atoms with E-state index in [1.165, 1.54) is 0 Å². The maximum atomic E-state index is 14.4. The Morgan fingerprint density at radius 3 is 1.96 bits per heavy atom. The molecule has 2 nitrogen and oxygen atoms in total. The summed E-state index contributed by atoms with van der Waals surface area (Å²) in [4.78, 5) is 0.